The molecule has 1 rings (SSSR count). The Morgan fingerprint density at radius 2 is 1.76 bits per heavy atom. The molecular weight excluding hydrogens is 237 g/mol. The van der Waals surface area contributed by atoms with E-state index >= 15 is 0 Å². The third kappa shape index (κ3) is 4.60. The van der Waals surface area contributed by atoms with E-state index in [1.165, 1.54) is 0 Å². The van der Waals surface area contributed by atoms with Crippen molar-refractivity contribution in [2.75, 3.05) is 19.4 Å². The van der Waals surface area contributed by atoms with Crippen molar-refractivity contribution in [3.63, 3.8) is 0 Å². The lowest BCUT2D eigenvalue weighted by atomic mass is 10.2. The van der Waals surface area contributed by atoms with Crippen LogP contribution in [0.3, 0.4) is 0 Å². The second-order valence-electron chi connectivity index (χ2n) is 4.40. The van der Waals surface area contributed by atoms with Crippen LogP contribution in [0.15, 0.2) is 30.3 Å². The molecule has 0 aliphatic heterocycles. The maximum atomic E-state index is 11.1. The van der Waals surface area contributed by atoms with E-state index in [4.69, 9.17) is 4.89 Å². The lowest BCUT2D eigenvalue weighted by Crippen LogP contribution is -2.48. The SMILES string of the molecule is CC[N+](CC)(Cc1ccccc1)CP(=O)([O-])O. The molecule has 0 aliphatic carbocycles. The second-order valence-corrected chi connectivity index (χ2v) is 5.95. The van der Waals surface area contributed by atoms with E-state index in [0.717, 1.165) is 5.56 Å². The molecule has 0 saturated heterocycles. The summed E-state index contributed by atoms with van der Waals surface area (Å²) in [6, 6.07) is 9.76. The third-order valence-electron chi connectivity index (χ3n) is 3.18. The molecule has 0 spiro atoms. The van der Waals surface area contributed by atoms with Gasteiger partial charge in [-0.05, 0) is 13.8 Å². The number of quaternary nitrogens is 1. The first kappa shape index (κ1) is 14.4. The largest absolute Gasteiger partial charge is 0.775 e. The Morgan fingerprint density at radius 3 is 2.18 bits per heavy atom. The minimum Gasteiger partial charge on any atom is -0.775 e. The average molecular weight is 257 g/mol. The van der Waals surface area contributed by atoms with Gasteiger partial charge in [-0.15, -0.1) is 0 Å². The fourth-order valence-electron chi connectivity index (χ4n) is 2.05. The summed E-state index contributed by atoms with van der Waals surface area (Å²) in [4.78, 5) is 20.2. The lowest BCUT2D eigenvalue weighted by molar-refractivity contribution is -0.928. The van der Waals surface area contributed by atoms with Crippen LogP contribution in [0.2, 0.25) is 0 Å². The van der Waals surface area contributed by atoms with E-state index in [9.17, 15) is 9.46 Å². The summed E-state index contributed by atoms with van der Waals surface area (Å²) < 4.78 is 11.5. The van der Waals surface area contributed by atoms with Crippen LogP contribution >= 0.6 is 7.60 Å². The molecule has 96 valence electrons. The van der Waals surface area contributed by atoms with Gasteiger partial charge in [0.2, 0.25) is 0 Å². The van der Waals surface area contributed by atoms with Crippen molar-refractivity contribution in [3.8, 4) is 0 Å². The summed E-state index contributed by atoms with van der Waals surface area (Å²) >= 11 is 0. The maximum Gasteiger partial charge on any atom is 0.187 e. The number of benzene rings is 1. The molecule has 17 heavy (non-hydrogen) atoms. The second kappa shape index (κ2) is 5.78. The van der Waals surface area contributed by atoms with E-state index in [1.54, 1.807) is 0 Å². The molecule has 0 radical (unpaired) electrons. The molecule has 0 heterocycles. The van der Waals surface area contributed by atoms with Gasteiger partial charge in [0.25, 0.3) is 0 Å². The number of hydrogen-bond acceptors (Lipinski definition) is 2. The Balaban J connectivity index is 2.89. The number of hydrogen-bond donors (Lipinski definition) is 1. The molecule has 1 aromatic rings. The normalized spacial score (nSPS) is 15.5. The molecule has 1 atom stereocenters. The molecule has 1 aromatic carbocycles. The van der Waals surface area contributed by atoms with Gasteiger partial charge >= 0.3 is 0 Å². The molecule has 1 unspecified atom stereocenters. The minimum absolute atomic E-state index is 0.200. The van der Waals surface area contributed by atoms with Gasteiger partial charge in [-0.3, -0.25) is 0 Å². The van der Waals surface area contributed by atoms with Crippen molar-refractivity contribution in [3.05, 3.63) is 35.9 Å². The molecule has 0 bridgehead atoms. The molecule has 4 nitrogen and oxygen atoms in total. The summed E-state index contributed by atoms with van der Waals surface area (Å²) in [7, 11) is -4.24. The smallest absolute Gasteiger partial charge is 0.187 e. The van der Waals surface area contributed by atoms with Gasteiger partial charge in [0.1, 0.15) is 12.8 Å². The molecule has 1 N–H and O–H groups in total. The Hall–Kier alpha value is -0.670. The quantitative estimate of drug-likeness (QED) is 0.621. The van der Waals surface area contributed by atoms with Crippen molar-refractivity contribution >= 4 is 7.60 Å². The predicted octanol–water partition coefficient (Wildman–Crippen LogP) is 1.55. The fourth-order valence-corrected chi connectivity index (χ4v) is 3.31. The third-order valence-corrected chi connectivity index (χ3v) is 4.14. The Bertz CT molecular complexity index is 384. The summed E-state index contributed by atoms with van der Waals surface area (Å²) in [6.07, 6.45) is -0.200. The van der Waals surface area contributed by atoms with E-state index in [0.29, 0.717) is 24.1 Å². The van der Waals surface area contributed by atoms with Crippen molar-refractivity contribution in [2.24, 2.45) is 0 Å². The van der Waals surface area contributed by atoms with Crippen LogP contribution in [-0.4, -0.2) is 28.8 Å². The molecule has 0 fully saturated rings. The topological polar surface area (TPSA) is 60.4 Å². The van der Waals surface area contributed by atoms with Crippen molar-refractivity contribution < 1.29 is 18.8 Å². The molecule has 0 aromatic heterocycles. The summed E-state index contributed by atoms with van der Waals surface area (Å²) in [5.41, 5.74) is 1.09. The van der Waals surface area contributed by atoms with Crippen molar-refractivity contribution in [1.29, 1.82) is 0 Å². The lowest BCUT2D eigenvalue weighted by Gasteiger charge is -2.39. The van der Waals surface area contributed by atoms with Gasteiger partial charge < -0.3 is 18.8 Å². The van der Waals surface area contributed by atoms with Gasteiger partial charge in [0.05, 0.1) is 13.1 Å². The molecule has 0 amide bonds. The summed E-state index contributed by atoms with van der Waals surface area (Å²) in [6.45, 7) is 5.88. The van der Waals surface area contributed by atoms with Gasteiger partial charge in [-0.2, -0.15) is 0 Å². The first-order chi connectivity index (χ1) is 7.91. The predicted molar refractivity (Wildman–Crippen MR) is 66.2 cm³/mol. The highest BCUT2D eigenvalue weighted by Gasteiger charge is 2.28. The molecule has 5 heteroatoms. The Kier molecular flexibility index (Phi) is 4.90. The average Bonchev–Trinajstić information content (AvgIpc) is 2.27. The molecule has 0 aliphatic rings. The van der Waals surface area contributed by atoms with E-state index in [-0.39, 0.29) is 6.29 Å². The van der Waals surface area contributed by atoms with Crippen molar-refractivity contribution in [2.45, 2.75) is 20.4 Å². The fraction of sp³-hybridized carbons (Fsp3) is 0.500. The van der Waals surface area contributed by atoms with Gasteiger partial charge in [-0.1, -0.05) is 30.3 Å². The summed E-state index contributed by atoms with van der Waals surface area (Å²) in [5.74, 6) is 0. The maximum absolute atomic E-state index is 11.1. The van der Waals surface area contributed by atoms with Crippen LogP contribution < -0.4 is 4.89 Å². The van der Waals surface area contributed by atoms with E-state index in [1.807, 2.05) is 44.2 Å². The number of rotatable bonds is 6. The minimum atomic E-state index is -4.24. The van der Waals surface area contributed by atoms with Crippen LogP contribution in [0.1, 0.15) is 19.4 Å². The van der Waals surface area contributed by atoms with Gasteiger partial charge in [0, 0.05) is 5.56 Å². The zero-order valence-electron chi connectivity index (χ0n) is 10.4. The first-order valence-corrected chi connectivity index (χ1v) is 7.59. The number of nitrogens with zero attached hydrogens (tertiary/aromatic N) is 1. The van der Waals surface area contributed by atoms with Crippen molar-refractivity contribution in [1.82, 2.24) is 0 Å². The van der Waals surface area contributed by atoms with Crippen LogP contribution in [-0.2, 0) is 11.1 Å². The Morgan fingerprint density at radius 1 is 1.24 bits per heavy atom. The van der Waals surface area contributed by atoms with Crippen LogP contribution in [0.5, 0.6) is 0 Å². The zero-order valence-corrected chi connectivity index (χ0v) is 11.3. The van der Waals surface area contributed by atoms with Crippen LogP contribution in [0, 0.1) is 0 Å². The molecular formula is C12H20NO3P. The highest BCUT2D eigenvalue weighted by molar-refractivity contribution is 7.50. The standard InChI is InChI=1S/C12H20NO3P/c1-3-13(4-2,11-17(14,15)16)10-12-8-6-5-7-9-12/h5-9H,3-4,10-11H2,1-2H3,(H-,14,15,16). The zero-order chi connectivity index (χ0) is 12.9. The monoisotopic (exact) mass is 257 g/mol. The van der Waals surface area contributed by atoms with Gasteiger partial charge in [-0.25, -0.2) is 0 Å². The van der Waals surface area contributed by atoms with Crippen LogP contribution in [0.4, 0.5) is 0 Å². The Labute approximate surface area is 103 Å². The highest BCUT2D eigenvalue weighted by atomic mass is 31.2. The van der Waals surface area contributed by atoms with Gasteiger partial charge in [0.15, 0.2) is 7.60 Å². The highest BCUT2D eigenvalue weighted by Crippen LogP contribution is 2.34. The first-order valence-electron chi connectivity index (χ1n) is 5.82. The molecule has 0 saturated carbocycles. The van der Waals surface area contributed by atoms with E-state index < -0.39 is 7.60 Å². The van der Waals surface area contributed by atoms with Crippen LogP contribution in [0.25, 0.3) is 0 Å². The van der Waals surface area contributed by atoms with E-state index in [2.05, 4.69) is 0 Å². The summed E-state index contributed by atoms with van der Waals surface area (Å²) in [5, 5.41) is 0.